The van der Waals surface area contributed by atoms with Gasteiger partial charge in [0.1, 0.15) is 12.2 Å². The van der Waals surface area contributed by atoms with Crippen molar-refractivity contribution in [3.8, 4) is 0 Å². The molecule has 2 rings (SSSR count). The highest BCUT2D eigenvalue weighted by Crippen LogP contribution is 2.23. The Balaban J connectivity index is 2.09. The number of alkyl halides is 1. The van der Waals surface area contributed by atoms with Crippen molar-refractivity contribution >= 4 is 23.9 Å². The van der Waals surface area contributed by atoms with Crippen molar-refractivity contribution in [3.05, 3.63) is 5.89 Å². The zero-order valence-electron chi connectivity index (χ0n) is 15.0. The Kier molecular flexibility index (Phi) is 7.09. The highest BCUT2D eigenvalue weighted by atomic mass is 19.1. The van der Waals surface area contributed by atoms with Gasteiger partial charge in [0.25, 0.3) is 11.8 Å². The van der Waals surface area contributed by atoms with E-state index in [9.17, 15) is 23.9 Å². The third-order valence-electron chi connectivity index (χ3n) is 4.13. The van der Waals surface area contributed by atoms with Crippen LogP contribution in [0.1, 0.15) is 38.1 Å². The number of nitrogens with zero attached hydrogens (tertiary/aromatic N) is 3. The van der Waals surface area contributed by atoms with Gasteiger partial charge in [-0.1, -0.05) is 0 Å². The zero-order valence-corrected chi connectivity index (χ0v) is 15.0. The Morgan fingerprint density at radius 2 is 2.07 bits per heavy atom. The lowest BCUT2D eigenvalue weighted by Crippen LogP contribution is -2.51. The molecule has 4 atom stereocenters. The van der Waals surface area contributed by atoms with E-state index in [1.165, 1.54) is 6.92 Å². The SMILES string of the molecule is C[C@H](O)[C@H](NC(=O)N[C@@H](CCC(=O)O)c1nc(N2CC[C@H](F)C2)no1)C(=O)O. The minimum Gasteiger partial charge on any atom is -0.481 e. The molecule has 28 heavy (non-hydrogen) atoms. The first kappa shape index (κ1) is 21.3. The number of halogens is 1. The number of urea groups is 1. The van der Waals surface area contributed by atoms with Crippen LogP contribution in [-0.2, 0) is 9.59 Å². The molecule has 12 nitrogen and oxygen atoms in total. The van der Waals surface area contributed by atoms with Gasteiger partial charge in [0.05, 0.1) is 12.6 Å². The number of carbonyl (C=O) groups excluding carboxylic acids is 1. The van der Waals surface area contributed by atoms with Gasteiger partial charge in [-0.2, -0.15) is 4.98 Å². The van der Waals surface area contributed by atoms with Gasteiger partial charge in [0.15, 0.2) is 6.04 Å². The zero-order chi connectivity index (χ0) is 20.8. The molecule has 0 saturated carbocycles. The van der Waals surface area contributed by atoms with Crippen molar-refractivity contribution in [1.82, 2.24) is 20.8 Å². The van der Waals surface area contributed by atoms with Crippen LogP contribution >= 0.6 is 0 Å². The first-order valence-corrected chi connectivity index (χ1v) is 8.59. The molecule has 0 spiro atoms. The maximum Gasteiger partial charge on any atom is 0.328 e. The highest BCUT2D eigenvalue weighted by Gasteiger charge is 2.30. The molecule has 156 valence electrons. The summed E-state index contributed by atoms with van der Waals surface area (Å²) in [7, 11) is 0. The third-order valence-corrected chi connectivity index (χ3v) is 4.13. The van der Waals surface area contributed by atoms with Crippen LogP contribution in [0.15, 0.2) is 4.52 Å². The molecule has 13 heteroatoms. The molecule has 0 radical (unpaired) electrons. The summed E-state index contributed by atoms with van der Waals surface area (Å²) in [5, 5.41) is 35.5. The van der Waals surface area contributed by atoms with Crippen molar-refractivity contribution in [2.24, 2.45) is 0 Å². The molecule has 1 aromatic heterocycles. The predicted molar refractivity (Wildman–Crippen MR) is 90.4 cm³/mol. The van der Waals surface area contributed by atoms with Gasteiger partial charge >= 0.3 is 18.0 Å². The van der Waals surface area contributed by atoms with Gasteiger partial charge in [-0.3, -0.25) is 4.79 Å². The fourth-order valence-electron chi connectivity index (χ4n) is 2.65. The fraction of sp³-hybridized carbons (Fsp3) is 0.667. The third kappa shape index (κ3) is 5.77. The molecule has 2 heterocycles. The number of carboxylic acids is 2. The van der Waals surface area contributed by atoms with Crippen molar-refractivity contribution in [1.29, 1.82) is 0 Å². The Bertz CT molecular complexity index is 713. The lowest BCUT2D eigenvalue weighted by molar-refractivity contribution is -0.141. The molecule has 2 amide bonds. The number of aliphatic hydroxyl groups excluding tert-OH is 1. The van der Waals surface area contributed by atoms with Crippen molar-refractivity contribution < 1.29 is 38.6 Å². The van der Waals surface area contributed by atoms with Crippen LogP contribution in [-0.4, -0.2) is 74.8 Å². The molecule has 0 unspecified atom stereocenters. The van der Waals surface area contributed by atoms with Crippen LogP contribution in [0.5, 0.6) is 0 Å². The van der Waals surface area contributed by atoms with Crippen molar-refractivity contribution in [2.75, 3.05) is 18.0 Å². The largest absolute Gasteiger partial charge is 0.481 e. The number of amides is 2. The molecule has 1 aliphatic heterocycles. The molecule has 0 bridgehead atoms. The Labute approximate surface area is 158 Å². The van der Waals surface area contributed by atoms with E-state index >= 15 is 0 Å². The van der Waals surface area contributed by atoms with Gasteiger partial charge in [0.2, 0.25) is 0 Å². The van der Waals surface area contributed by atoms with E-state index in [4.69, 9.17) is 14.7 Å². The van der Waals surface area contributed by atoms with Crippen LogP contribution in [0.3, 0.4) is 0 Å². The first-order chi connectivity index (χ1) is 13.2. The molecule has 0 aromatic carbocycles. The second-order valence-electron chi connectivity index (χ2n) is 6.42. The van der Waals surface area contributed by atoms with Gasteiger partial charge in [-0.25, -0.2) is 14.0 Å². The number of aliphatic carboxylic acids is 2. The number of aromatic nitrogens is 2. The second kappa shape index (κ2) is 9.30. The van der Waals surface area contributed by atoms with Gasteiger partial charge in [-0.05, 0) is 24.9 Å². The Morgan fingerprint density at radius 3 is 2.61 bits per heavy atom. The summed E-state index contributed by atoms with van der Waals surface area (Å²) < 4.78 is 18.4. The number of aliphatic hydroxyl groups is 1. The fourth-order valence-corrected chi connectivity index (χ4v) is 2.65. The van der Waals surface area contributed by atoms with Gasteiger partial charge < -0.3 is 35.4 Å². The van der Waals surface area contributed by atoms with E-state index in [-0.39, 0.29) is 31.2 Å². The topological polar surface area (TPSA) is 178 Å². The van der Waals surface area contributed by atoms with E-state index in [0.29, 0.717) is 13.0 Å². The van der Waals surface area contributed by atoms with Gasteiger partial charge in [-0.15, -0.1) is 0 Å². The van der Waals surface area contributed by atoms with Crippen molar-refractivity contribution in [3.63, 3.8) is 0 Å². The van der Waals surface area contributed by atoms with Crippen LogP contribution in [0.2, 0.25) is 0 Å². The van der Waals surface area contributed by atoms with Crippen LogP contribution < -0.4 is 15.5 Å². The van der Waals surface area contributed by atoms with E-state index in [2.05, 4.69) is 20.8 Å². The smallest absolute Gasteiger partial charge is 0.328 e. The molecule has 5 N–H and O–H groups in total. The molecular formula is C15H22FN5O7. The maximum atomic E-state index is 13.3. The average Bonchev–Trinajstić information content (AvgIpc) is 3.24. The molecule has 1 aliphatic rings. The number of hydrogen-bond donors (Lipinski definition) is 5. The standard InChI is InChI=1S/C15H22FN5O7/c1-7(22)11(13(25)26)18-15(27)17-9(2-3-10(23)24)12-19-14(20-28-12)21-5-4-8(16)6-21/h7-9,11,22H,2-6H2,1H3,(H,23,24)(H,25,26)(H2,17,18,27)/t7-,8-,9-,11-/m0/s1. The highest BCUT2D eigenvalue weighted by molar-refractivity contribution is 5.83. The van der Waals surface area contributed by atoms with Crippen LogP contribution in [0.25, 0.3) is 0 Å². The summed E-state index contributed by atoms with van der Waals surface area (Å²) in [5.41, 5.74) is 0. The van der Waals surface area contributed by atoms with Crippen LogP contribution in [0, 0.1) is 0 Å². The molecule has 1 aromatic rings. The summed E-state index contributed by atoms with van der Waals surface area (Å²) in [6, 6.07) is -3.55. The van der Waals surface area contributed by atoms with Crippen molar-refractivity contribution in [2.45, 2.75) is 50.5 Å². The predicted octanol–water partition coefficient (Wildman–Crippen LogP) is -0.343. The first-order valence-electron chi connectivity index (χ1n) is 8.59. The monoisotopic (exact) mass is 403 g/mol. The molecular weight excluding hydrogens is 381 g/mol. The summed E-state index contributed by atoms with van der Waals surface area (Å²) in [6.45, 7) is 1.68. The summed E-state index contributed by atoms with van der Waals surface area (Å²) >= 11 is 0. The number of carbonyl (C=O) groups is 3. The maximum absolute atomic E-state index is 13.3. The minimum absolute atomic E-state index is 0.0986. The normalized spacial score (nSPS) is 19.7. The summed E-state index contributed by atoms with van der Waals surface area (Å²) in [5.74, 6) is -2.55. The summed E-state index contributed by atoms with van der Waals surface area (Å²) in [4.78, 5) is 39.7. The minimum atomic E-state index is -1.57. The number of hydrogen-bond acceptors (Lipinski definition) is 8. The molecule has 0 aliphatic carbocycles. The Morgan fingerprint density at radius 1 is 1.36 bits per heavy atom. The Hall–Kier alpha value is -2.96. The van der Waals surface area contributed by atoms with E-state index < -0.39 is 42.3 Å². The molecule has 1 saturated heterocycles. The van der Waals surface area contributed by atoms with Crippen LogP contribution in [0.4, 0.5) is 15.1 Å². The second-order valence-corrected chi connectivity index (χ2v) is 6.42. The van der Waals surface area contributed by atoms with E-state index in [1.807, 2.05) is 0 Å². The molecule has 1 fully saturated rings. The number of anilines is 1. The lowest BCUT2D eigenvalue weighted by Gasteiger charge is -2.20. The van der Waals surface area contributed by atoms with Gasteiger partial charge in [0, 0.05) is 13.0 Å². The van der Waals surface area contributed by atoms with E-state index in [1.54, 1.807) is 4.90 Å². The quantitative estimate of drug-likeness (QED) is 0.366. The number of rotatable bonds is 9. The summed E-state index contributed by atoms with van der Waals surface area (Å²) in [6.07, 6.45) is -2.50. The average molecular weight is 403 g/mol. The van der Waals surface area contributed by atoms with E-state index in [0.717, 1.165) is 0 Å². The number of carboxylic acid groups (broad SMARTS) is 2. The number of nitrogens with one attached hydrogen (secondary N) is 2. The lowest BCUT2D eigenvalue weighted by atomic mass is 10.1.